The van der Waals surface area contributed by atoms with Gasteiger partial charge < -0.3 is 0 Å². The number of hydrogen-bond donors (Lipinski definition) is 4. The molecule has 0 amide bonds. The van der Waals surface area contributed by atoms with Gasteiger partial charge in [0.05, 0.1) is 28.4 Å². The molecule has 0 spiro atoms. The summed E-state index contributed by atoms with van der Waals surface area (Å²) in [6.45, 7) is 0. The van der Waals surface area contributed by atoms with Gasteiger partial charge in [-0.05, 0) is 66.0 Å². The quantitative estimate of drug-likeness (QED) is 0.107. The van der Waals surface area contributed by atoms with Crippen LogP contribution < -0.4 is 21.6 Å². The van der Waals surface area contributed by atoms with Gasteiger partial charge in [-0.15, -0.1) is 0 Å². The fraction of sp³-hybridized carbons (Fsp3) is 0. The van der Waals surface area contributed by atoms with Crippen molar-refractivity contribution in [2.24, 2.45) is 5.10 Å². The van der Waals surface area contributed by atoms with E-state index in [1.54, 1.807) is 30.3 Å². The Morgan fingerprint density at radius 3 is 1.96 bits per heavy atom. The lowest BCUT2D eigenvalue weighted by atomic mass is 10.0. The van der Waals surface area contributed by atoms with Gasteiger partial charge in [0.1, 0.15) is 20.8 Å². The van der Waals surface area contributed by atoms with Crippen LogP contribution in [0, 0.1) is 11.3 Å². The van der Waals surface area contributed by atoms with Crippen molar-refractivity contribution in [2.75, 3.05) is 10.9 Å². The van der Waals surface area contributed by atoms with E-state index in [2.05, 4.69) is 16.0 Å². The molecule has 0 aliphatic heterocycles. The molecule has 0 saturated heterocycles. The van der Waals surface area contributed by atoms with Crippen LogP contribution in [0.1, 0.15) is 21.5 Å². The van der Waals surface area contributed by atoms with Gasteiger partial charge in [-0.25, -0.2) is 4.68 Å². The Morgan fingerprint density at radius 1 is 0.778 bits per heavy atom. The molecule has 0 unspecified atom stereocenters. The number of nitrogens with zero attached hydrogens (tertiary/aromatic N) is 3. The van der Waals surface area contributed by atoms with Crippen LogP contribution in [0.2, 0.25) is 0 Å². The summed E-state index contributed by atoms with van der Waals surface area (Å²) in [5.41, 5.74) is 6.34. The summed E-state index contributed by atoms with van der Waals surface area (Å²) < 4.78 is 70.2. The molecular weight excluding hydrogens is 622 g/mol. The Hall–Kier alpha value is -5.66. The lowest BCUT2D eigenvalue weighted by Crippen LogP contribution is -2.31. The molecule has 0 saturated carbocycles. The summed E-state index contributed by atoms with van der Waals surface area (Å²) in [6, 6.07) is 24.4. The molecule has 45 heavy (non-hydrogen) atoms. The van der Waals surface area contributed by atoms with Crippen molar-refractivity contribution in [2.45, 2.75) is 9.79 Å². The second-order valence-electron chi connectivity index (χ2n) is 9.81. The van der Waals surface area contributed by atoms with Crippen molar-refractivity contribution in [3.05, 3.63) is 123 Å². The second-order valence-corrected chi connectivity index (χ2v) is 12.6. The summed E-state index contributed by atoms with van der Waals surface area (Å²) in [5.74, 6) is -0.228. The van der Waals surface area contributed by atoms with Crippen LogP contribution in [0.5, 0.6) is 0 Å². The fourth-order valence-corrected chi connectivity index (χ4v) is 6.13. The number of benzene rings is 5. The predicted molar refractivity (Wildman–Crippen MR) is 163 cm³/mol. The summed E-state index contributed by atoms with van der Waals surface area (Å²) in [5, 5.41) is 12.0. The minimum absolute atomic E-state index is 0.0246. The van der Waals surface area contributed by atoms with Crippen LogP contribution in [0.4, 0.5) is 11.4 Å². The van der Waals surface area contributed by atoms with Crippen LogP contribution in [0.3, 0.4) is 0 Å². The van der Waals surface area contributed by atoms with Crippen molar-refractivity contribution in [1.82, 2.24) is 4.68 Å². The summed E-state index contributed by atoms with van der Waals surface area (Å²) >= 11 is 0. The second kappa shape index (κ2) is 10.8. The Balaban J connectivity index is 1.47. The number of nitrogens with one attached hydrogen (secondary N) is 2. The minimum Gasteiger partial charge on any atom is -0.294 e. The van der Waals surface area contributed by atoms with Crippen LogP contribution in [0.15, 0.2) is 111 Å². The van der Waals surface area contributed by atoms with Gasteiger partial charge >= 0.3 is 0 Å². The number of ketones is 1. The average Bonchev–Trinajstić information content (AvgIpc) is 3.72. The monoisotopic (exact) mass is 641 g/mol. The lowest BCUT2D eigenvalue weighted by Gasteiger charge is -2.05. The molecule has 224 valence electrons. The van der Waals surface area contributed by atoms with E-state index in [-0.39, 0.29) is 33.3 Å². The zero-order valence-corrected chi connectivity index (χ0v) is 24.3. The summed E-state index contributed by atoms with van der Waals surface area (Å²) in [6.07, 6.45) is 0. The van der Waals surface area contributed by atoms with E-state index < -0.39 is 40.8 Å². The molecule has 6 rings (SSSR count). The molecule has 6 aromatic rings. The number of anilines is 2. The molecule has 15 heteroatoms. The Kier molecular flexibility index (Phi) is 7.06. The van der Waals surface area contributed by atoms with E-state index in [0.29, 0.717) is 22.4 Å². The number of fused-ring (bicyclic) bond motifs is 3. The summed E-state index contributed by atoms with van der Waals surface area (Å²) in [7, 11) is -9.91. The molecule has 13 nitrogen and oxygen atoms in total. The normalized spacial score (nSPS) is 12.4. The van der Waals surface area contributed by atoms with E-state index in [1.165, 1.54) is 53.2 Å². The molecule has 1 heterocycles. The van der Waals surface area contributed by atoms with Gasteiger partial charge in [0.2, 0.25) is 5.43 Å². The molecule has 0 fully saturated rings. The smallest absolute Gasteiger partial charge is 0.294 e. The van der Waals surface area contributed by atoms with Crippen molar-refractivity contribution in [3.63, 3.8) is 0 Å². The SMILES string of the molecule is N#Cc1ccc(Nn2c3c(S(=O)(=O)O)cc4cc(S(=O)(=O)O)/c(=N/Nc5ccc(C(=O)c6ccccc6)cc5)c(=O)c4c32)cc1. The minimum atomic E-state index is -5.06. The molecule has 0 radical (unpaired) electrons. The molecular formula is C30H19N5O8S2. The van der Waals surface area contributed by atoms with Gasteiger partial charge in [0, 0.05) is 11.1 Å². The standard InChI is InChI=1S/C30H19N5O8S2/c31-16-17-6-10-22(11-7-17)34-35-27-24(45(41,42)43)15-20-14-23(44(38,39)40)26(30(37)25(20)28(27)35)33-32-21-12-8-19(9-13-21)29(36)18-4-2-1-3-5-18/h1-15,32,34H,(H,38,39,40)(H,41,42,43)/b33-26-. The Morgan fingerprint density at radius 2 is 1.36 bits per heavy atom. The maximum absolute atomic E-state index is 13.8. The third kappa shape index (κ3) is 5.57. The lowest BCUT2D eigenvalue weighted by molar-refractivity contribution is 0.103. The van der Waals surface area contributed by atoms with E-state index >= 15 is 0 Å². The molecule has 0 bridgehead atoms. The first-order chi connectivity index (χ1) is 21.4. The number of hydrogen-bond acceptors (Lipinski definition) is 10. The molecule has 4 N–H and O–H groups in total. The zero-order valence-electron chi connectivity index (χ0n) is 22.7. The van der Waals surface area contributed by atoms with Crippen LogP contribution in [-0.4, -0.2) is 36.4 Å². The van der Waals surface area contributed by atoms with Crippen molar-refractivity contribution >= 4 is 59.2 Å². The number of nitriles is 1. The summed E-state index contributed by atoms with van der Waals surface area (Å²) in [4.78, 5) is 24.9. The first-order valence-corrected chi connectivity index (χ1v) is 15.8. The predicted octanol–water partition coefficient (Wildman–Crippen LogP) is 3.43. The maximum atomic E-state index is 13.8. The van der Waals surface area contributed by atoms with Crippen LogP contribution in [0.25, 0.3) is 21.8 Å². The third-order valence-electron chi connectivity index (χ3n) is 6.92. The van der Waals surface area contributed by atoms with Crippen LogP contribution in [-0.2, 0) is 20.2 Å². The molecule has 0 atom stereocenters. The highest BCUT2D eigenvalue weighted by atomic mass is 32.2. The van der Waals surface area contributed by atoms with E-state index in [9.17, 15) is 35.5 Å². The van der Waals surface area contributed by atoms with Crippen molar-refractivity contribution < 1.29 is 30.7 Å². The molecule has 0 aliphatic rings. The van der Waals surface area contributed by atoms with Crippen molar-refractivity contribution in [3.8, 4) is 6.07 Å². The topological polar surface area (TPSA) is 208 Å². The third-order valence-corrected chi connectivity index (χ3v) is 8.65. The molecule has 5 aromatic carbocycles. The highest BCUT2D eigenvalue weighted by Gasteiger charge is 2.31. The van der Waals surface area contributed by atoms with E-state index in [0.717, 1.165) is 12.1 Å². The molecule has 1 aromatic heterocycles. The van der Waals surface area contributed by atoms with E-state index in [4.69, 9.17) is 5.26 Å². The average molecular weight is 642 g/mol. The van der Waals surface area contributed by atoms with Gasteiger partial charge in [0.25, 0.3) is 20.2 Å². The number of carbonyl (C=O) groups is 1. The van der Waals surface area contributed by atoms with Crippen LogP contribution >= 0.6 is 0 Å². The van der Waals surface area contributed by atoms with Gasteiger partial charge in [-0.3, -0.25) is 29.5 Å². The molecule has 0 aliphatic carbocycles. The first-order valence-electron chi connectivity index (χ1n) is 12.9. The number of aromatic nitrogens is 1. The zero-order chi connectivity index (χ0) is 32.1. The van der Waals surface area contributed by atoms with Gasteiger partial charge in [-0.2, -0.15) is 27.2 Å². The maximum Gasteiger partial charge on any atom is 0.296 e. The first kappa shape index (κ1) is 29.4. The van der Waals surface area contributed by atoms with E-state index in [1.807, 2.05) is 6.07 Å². The Labute approximate surface area is 254 Å². The number of carbonyl (C=O) groups excluding carboxylic acids is 1. The fourth-order valence-electron chi connectivity index (χ4n) is 4.76. The highest BCUT2D eigenvalue weighted by Crippen LogP contribution is 2.37. The van der Waals surface area contributed by atoms with Gasteiger partial charge in [0.15, 0.2) is 11.1 Å². The Bertz CT molecular complexity index is 2510. The number of rotatable bonds is 8. The largest absolute Gasteiger partial charge is 0.296 e. The van der Waals surface area contributed by atoms with Crippen molar-refractivity contribution in [1.29, 1.82) is 5.26 Å². The highest BCUT2D eigenvalue weighted by molar-refractivity contribution is 7.86. The van der Waals surface area contributed by atoms with Gasteiger partial charge in [-0.1, -0.05) is 30.3 Å².